The molecule has 4 heteroatoms. The number of hydrogen-bond donors (Lipinski definition) is 0. The van der Waals surface area contributed by atoms with Gasteiger partial charge >= 0.3 is 7.12 Å². The van der Waals surface area contributed by atoms with Gasteiger partial charge in [0, 0.05) is 0 Å². The van der Waals surface area contributed by atoms with E-state index >= 15 is 0 Å². The van der Waals surface area contributed by atoms with Crippen LogP contribution in [-0.2, 0) is 9.31 Å². The number of hydrogen-bond acceptors (Lipinski definition) is 2. The Morgan fingerprint density at radius 1 is 0.895 bits per heavy atom. The molecule has 1 aliphatic heterocycles. The van der Waals surface area contributed by atoms with Crippen molar-refractivity contribution in [3.63, 3.8) is 0 Å². The summed E-state index contributed by atoms with van der Waals surface area (Å²) in [6, 6.07) is 5.46. The summed E-state index contributed by atoms with van der Waals surface area (Å²) in [6.07, 6.45) is 0. The Bertz CT molecular complexity index is 276. The molecule has 0 aromatic heterocycles. The van der Waals surface area contributed by atoms with Gasteiger partial charge in [-0.2, -0.15) is 0 Å². The fraction of sp³-hybridized carbons (Fsp3) is 1.00. The van der Waals surface area contributed by atoms with E-state index in [0.29, 0.717) is 5.82 Å². The van der Waals surface area contributed by atoms with E-state index in [0.717, 1.165) is 0 Å². The highest BCUT2D eigenvalue weighted by molar-refractivity contribution is 6.80. The van der Waals surface area contributed by atoms with Crippen LogP contribution in [0.5, 0.6) is 0 Å². The molecule has 0 aromatic carbocycles. The molecule has 0 N–H and O–H groups in total. The van der Waals surface area contributed by atoms with Gasteiger partial charge in [-0.25, -0.2) is 0 Å². The maximum absolute atomic E-state index is 6.21. The van der Waals surface area contributed by atoms with Crippen molar-refractivity contribution in [1.82, 2.24) is 0 Å². The van der Waals surface area contributed by atoms with Gasteiger partial charge in [-0.3, -0.25) is 0 Å². The summed E-state index contributed by atoms with van der Waals surface area (Å²) in [4.78, 5) is 0. The Labute approximate surface area is 121 Å². The third kappa shape index (κ3) is 3.45. The van der Waals surface area contributed by atoms with Crippen molar-refractivity contribution in [1.29, 1.82) is 0 Å². The molecule has 1 aliphatic rings. The van der Waals surface area contributed by atoms with Crippen molar-refractivity contribution < 1.29 is 9.31 Å². The van der Waals surface area contributed by atoms with Gasteiger partial charge in [0.2, 0.25) is 0 Å². The van der Waals surface area contributed by atoms with Gasteiger partial charge in [-0.05, 0) is 33.5 Å². The molecule has 112 valence electrons. The van der Waals surface area contributed by atoms with E-state index in [4.69, 9.17) is 9.31 Å². The number of rotatable bonds is 6. The van der Waals surface area contributed by atoms with E-state index in [1.165, 1.54) is 24.2 Å². The minimum atomic E-state index is -1.10. The van der Waals surface area contributed by atoms with Crippen LogP contribution in [-0.4, -0.2) is 26.4 Å². The van der Waals surface area contributed by atoms with Crippen LogP contribution < -0.4 is 0 Å². The molecule has 0 spiro atoms. The second-order valence-electron chi connectivity index (χ2n) is 7.37. The van der Waals surface area contributed by atoms with E-state index in [2.05, 4.69) is 55.4 Å². The van der Waals surface area contributed by atoms with Crippen molar-refractivity contribution in [2.75, 3.05) is 0 Å². The molecule has 1 unspecified atom stereocenters. The lowest BCUT2D eigenvalue weighted by Crippen LogP contribution is -2.41. The van der Waals surface area contributed by atoms with Crippen LogP contribution in [0.1, 0.15) is 55.4 Å². The second kappa shape index (κ2) is 5.90. The Hall–Kier alpha value is 0.202. The van der Waals surface area contributed by atoms with Crippen LogP contribution in [0.4, 0.5) is 0 Å². The van der Waals surface area contributed by atoms with Crippen molar-refractivity contribution >= 4 is 15.2 Å². The summed E-state index contributed by atoms with van der Waals surface area (Å²) in [7, 11) is -1.13. The molecule has 1 saturated heterocycles. The van der Waals surface area contributed by atoms with E-state index in [1.807, 2.05) is 0 Å². The molecular weight excluding hydrogens is 251 g/mol. The molecular formula is C15H33BO2Si. The molecule has 0 saturated carbocycles. The van der Waals surface area contributed by atoms with E-state index in [1.54, 1.807) is 0 Å². The van der Waals surface area contributed by atoms with Crippen LogP contribution in [0.15, 0.2) is 0 Å². The largest absolute Gasteiger partial charge is 0.460 e. The molecule has 2 nitrogen and oxygen atoms in total. The summed E-state index contributed by atoms with van der Waals surface area (Å²) in [5.74, 6) is 0.507. The Morgan fingerprint density at radius 3 is 1.58 bits per heavy atom. The third-order valence-electron chi connectivity index (χ3n) is 5.74. The molecule has 1 rings (SSSR count). The van der Waals surface area contributed by atoms with Gasteiger partial charge in [-0.15, -0.1) is 0 Å². The normalized spacial score (nSPS) is 23.7. The van der Waals surface area contributed by atoms with Gasteiger partial charge in [0.25, 0.3) is 0 Å². The highest BCUT2D eigenvalue weighted by Crippen LogP contribution is 2.43. The van der Waals surface area contributed by atoms with Gasteiger partial charge in [-0.1, -0.05) is 51.9 Å². The van der Waals surface area contributed by atoms with Crippen molar-refractivity contribution in [3.05, 3.63) is 0 Å². The molecule has 1 heterocycles. The molecule has 0 bridgehead atoms. The van der Waals surface area contributed by atoms with Crippen molar-refractivity contribution in [3.8, 4) is 0 Å². The third-order valence-corrected chi connectivity index (χ3v) is 11.8. The summed E-state index contributed by atoms with van der Waals surface area (Å²) < 4.78 is 12.4. The molecule has 0 aromatic rings. The van der Waals surface area contributed by atoms with Crippen LogP contribution in [0.3, 0.4) is 0 Å². The summed E-state index contributed by atoms with van der Waals surface area (Å²) >= 11 is 0. The first-order chi connectivity index (χ1) is 8.63. The monoisotopic (exact) mass is 284 g/mol. The zero-order valence-electron chi connectivity index (χ0n) is 14.3. The van der Waals surface area contributed by atoms with Crippen molar-refractivity contribution in [2.45, 2.75) is 96.6 Å². The lowest BCUT2D eigenvalue weighted by atomic mass is 9.74. The Kier molecular flexibility index (Phi) is 5.36. The predicted molar refractivity (Wildman–Crippen MR) is 87.5 cm³/mol. The van der Waals surface area contributed by atoms with Crippen LogP contribution in [0.25, 0.3) is 0 Å². The lowest BCUT2D eigenvalue weighted by Gasteiger charge is -2.32. The summed E-state index contributed by atoms with van der Waals surface area (Å²) in [5.41, 5.74) is -0.387. The highest BCUT2D eigenvalue weighted by atomic mass is 28.3. The minimum absolute atomic E-state index is 0.0264. The van der Waals surface area contributed by atoms with E-state index in [9.17, 15) is 0 Å². The second-order valence-corrected chi connectivity index (χ2v) is 12.9. The zero-order chi connectivity index (χ0) is 14.9. The van der Waals surface area contributed by atoms with Gasteiger partial charge in [0.1, 0.15) is 0 Å². The average Bonchev–Trinajstić information content (AvgIpc) is 2.56. The Morgan fingerprint density at radius 2 is 1.26 bits per heavy atom. The lowest BCUT2D eigenvalue weighted by molar-refractivity contribution is 0.00578. The smallest absolute Gasteiger partial charge is 0.403 e. The van der Waals surface area contributed by atoms with Gasteiger partial charge in [0.15, 0.2) is 0 Å². The van der Waals surface area contributed by atoms with Crippen LogP contribution >= 0.6 is 0 Å². The van der Waals surface area contributed by atoms with Crippen LogP contribution in [0.2, 0.25) is 30.0 Å². The standard InChI is InChI=1S/C15H33BO2Si/c1-9-19(10-2,11-3)12-13(4)16-17-14(5,6)15(7,8)18-16/h13H,9-12H2,1-8H3. The van der Waals surface area contributed by atoms with Crippen molar-refractivity contribution in [2.24, 2.45) is 0 Å². The molecule has 0 aliphatic carbocycles. The van der Waals surface area contributed by atoms with Crippen LogP contribution in [0, 0.1) is 0 Å². The van der Waals surface area contributed by atoms with E-state index < -0.39 is 8.07 Å². The molecule has 19 heavy (non-hydrogen) atoms. The highest BCUT2D eigenvalue weighted by Gasteiger charge is 2.53. The maximum atomic E-state index is 6.21. The molecule has 1 atom stereocenters. The first-order valence-corrected chi connectivity index (χ1v) is 10.8. The SMILES string of the molecule is CC[Si](CC)(CC)CC(C)B1OC(C)(C)C(C)(C)O1. The molecule has 0 amide bonds. The van der Waals surface area contributed by atoms with E-state index in [-0.39, 0.29) is 18.3 Å². The molecule has 0 radical (unpaired) electrons. The summed E-state index contributed by atoms with van der Waals surface area (Å²) in [6.45, 7) is 18.0. The summed E-state index contributed by atoms with van der Waals surface area (Å²) in [5, 5.41) is 0. The Balaban J connectivity index is 2.73. The average molecular weight is 284 g/mol. The predicted octanol–water partition coefficient (Wildman–Crippen LogP) is 4.98. The molecule has 1 fully saturated rings. The van der Waals surface area contributed by atoms with Gasteiger partial charge < -0.3 is 9.31 Å². The first kappa shape index (κ1) is 17.3. The zero-order valence-corrected chi connectivity index (χ0v) is 15.3. The fourth-order valence-electron chi connectivity index (χ4n) is 3.08. The topological polar surface area (TPSA) is 18.5 Å². The minimum Gasteiger partial charge on any atom is -0.403 e. The first-order valence-electron chi connectivity index (χ1n) is 7.98. The van der Waals surface area contributed by atoms with Gasteiger partial charge in [0.05, 0.1) is 19.3 Å². The maximum Gasteiger partial charge on any atom is 0.460 e. The quantitative estimate of drug-likeness (QED) is 0.641. The fourth-order valence-corrected chi connectivity index (χ4v) is 7.01.